The van der Waals surface area contributed by atoms with E-state index in [0.29, 0.717) is 12.5 Å². The SMILES string of the molecule is Cn1ccnc1[C@H](NCc1cc(F)cc(Br)c1)C1CC1. The van der Waals surface area contributed by atoms with Gasteiger partial charge in [-0.05, 0) is 42.5 Å². The zero-order valence-corrected chi connectivity index (χ0v) is 12.9. The van der Waals surface area contributed by atoms with Crippen LogP contribution in [0.5, 0.6) is 0 Å². The molecule has 106 valence electrons. The van der Waals surface area contributed by atoms with Gasteiger partial charge in [-0.1, -0.05) is 15.9 Å². The number of imidazole rings is 1. The first-order chi connectivity index (χ1) is 9.63. The lowest BCUT2D eigenvalue weighted by atomic mass is 10.1. The third-order valence-electron chi connectivity index (χ3n) is 3.68. The highest BCUT2D eigenvalue weighted by atomic mass is 79.9. The monoisotopic (exact) mass is 337 g/mol. The van der Waals surface area contributed by atoms with Gasteiger partial charge < -0.3 is 9.88 Å². The van der Waals surface area contributed by atoms with Crippen LogP contribution in [0.1, 0.15) is 30.3 Å². The number of aromatic nitrogens is 2. The minimum Gasteiger partial charge on any atom is -0.337 e. The number of hydrogen-bond donors (Lipinski definition) is 1. The quantitative estimate of drug-likeness (QED) is 0.903. The number of benzene rings is 1. The molecule has 3 rings (SSSR count). The molecule has 5 heteroatoms. The van der Waals surface area contributed by atoms with Gasteiger partial charge in [-0.15, -0.1) is 0 Å². The summed E-state index contributed by atoms with van der Waals surface area (Å²) in [5, 5.41) is 3.52. The van der Waals surface area contributed by atoms with E-state index in [0.717, 1.165) is 15.9 Å². The van der Waals surface area contributed by atoms with Crippen molar-refractivity contribution < 1.29 is 4.39 Å². The van der Waals surface area contributed by atoms with Gasteiger partial charge in [-0.3, -0.25) is 0 Å². The van der Waals surface area contributed by atoms with Crippen LogP contribution >= 0.6 is 15.9 Å². The van der Waals surface area contributed by atoms with E-state index < -0.39 is 0 Å². The first kappa shape index (κ1) is 13.8. The van der Waals surface area contributed by atoms with Crippen molar-refractivity contribution >= 4 is 15.9 Å². The van der Waals surface area contributed by atoms with Crippen LogP contribution in [0.15, 0.2) is 35.1 Å². The van der Waals surface area contributed by atoms with Crippen LogP contribution in [0.25, 0.3) is 0 Å². The van der Waals surface area contributed by atoms with E-state index in [1.54, 1.807) is 6.07 Å². The Kier molecular flexibility index (Phi) is 3.89. The van der Waals surface area contributed by atoms with Gasteiger partial charge in [0, 0.05) is 30.5 Å². The number of halogens is 2. The molecule has 0 aliphatic heterocycles. The van der Waals surface area contributed by atoms with Crippen molar-refractivity contribution in [2.24, 2.45) is 13.0 Å². The maximum atomic E-state index is 13.4. The van der Waals surface area contributed by atoms with Crippen LogP contribution in [-0.4, -0.2) is 9.55 Å². The van der Waals surface area contributed by atoms with Gasteiger partial charge in [0.1, 0.15) is 11.6 Å². The summed E-state index contributed by atoms with van der Waals surface area (Å²) in [6.45, 7) is 0.643. The Labute approximate surface area is 126 Å². The van der Waals surface area contributed by atoms with Crippen LogP contribution in [0, 0.1) is 11.7 Å². The van der Waals surface area contributed by atoms with Crippen molar-refractivity contribution in [3.05, 3.63) is 52.3 Å². The second kappa shape index (κ2) is 5.66. The van der Waals surface area contributed by atoms with E-state index in [2.05, 4.69) is 30.8 Å². The van der Waals surface area contributed by atoms with Crippen molar-refractivity contribution in [2.75, 3.05) is 0 Å². The van der Waals surface area contributed by atoms with Crippen LogP contribution in [-0.2, 0) is 13.6 Å². The fourth-order valence-corrected chi connectivity index (χ4v) is 3.03. The minimum atomic E-state index is -0.212. The predicted molar refractivity (Wildman–Crippen MR) is 79.6 cm³/mol. The van der Waals surface area contributed by atoms with Crippen molar-refractivity contribution in [1.82, 2.24) is 14.9 Å². The van der Waals surface area contributed by atoms with Gasteiger partial charge >= 0.3 is 0 Å². The summed E-state index contributed by atoms with van der Waals surface area (Å²) in [6, 6.07) is 5.23. The summed E-state index contributed by atoms with van der Waals surface area (Å²) in [4.78, 5) is 4.44. The van der Waals surface area contributed by atoms with Gasteiger partial charge in [-0.25, -0.2) is 9.37 Å². The average molecular weight is 338 g/mol. The molecule has 20 heavy (non-hydrogen) atoms. The molecule has 0 spiro atoms. The predicted octanol–water partition coefficient (Wildman–Crippen LogP) is 3.56. The molecule has 0 saturated heterocycles. The molecule has 1 N–H and O–H groups in total. The van der Waals surface area contributed by atoms with Crippen LogP contribution in [0.2, 0.25) is 0 Å². The molecule has 3 nitrogen and oxygen atoms in total. The Morgan fingerprint density at radius 3 is 2.85 bits per heavy atom. The van der Waals surface area contributed by atoms with Crippen molar-refractivity contribution in [3.8, 4) is 0 Å². The molecule has 1 aromatic carbocycles. The average Bonchev–Trinajstić information content (AvgIpc) is 3.12. The molecule has 0 unspecified atom stereocenters. The molecule has 1 aromatic heterocycles. The summed E-state index contributed by atoms with van der Waals surface area (Å²) in [6.07, 6.45) is 6.26. The Bertz CT molecular complexity index is 587. The minimum absolute atomic E-state index is 0.212. The second-order valence-corrected chi connectivity index (χ2v) is 6.29. The Hall–Kier alpha value is -1.20. The van der Waals surface area contributed by atoms with E-state index in [4.69, 9.17) is 0 Å². The highest BCUT2D eigenvalue weighted by Crippen LogP contribution is 2.40. The zero-order valence-electron chi connectivity index (χ0n) is 11.3. The Morgan fingerprint density at radius 2 is 2.25 bits per heavy atom. The molecule has 1 saturated carbocycles. The van der Waals surface area contributed by atoms with E-state index in [9.17, 15) is 4.39 Å². The van der Waals surface area contributed by atoms with Gasteiger partial charge in [0.25, 0.3) is 0 Å². The summed E-state index contributed by atoms with van der Waals surface area (Å²) in [5.41, 5.74) is 0.941. The van der Waals surface area contributed by atoms with Crippen molar-refractivity contribution in [3.63, 3.8) is 0 Å². The van der Waals surface area contributed by atoms with E-state index in [-0.39, 0.29) is 11.9 Å². The van der Waals surface area contributed by atoms with Gasteiger partial charge in [0.15, 0.2) is 0 Å². The number of rotatable bonds is 5. The van der Waals surface area contributed by atoms with Gasteiger partial charge in [0.2, 0.25) is 0 Å². The first-order valence-corrected chi connectivity index (χ1v) is 7.58. The molecule has 0 amide bonds. The first-order valence-electron chi connectivity index (χ1n) is 6.79. The normalized spacial score (nSPS) is 16.4. The number of hydrogen-bond acceptors (Lipinski definition) is 2. The molecule has 2 aromatic rings. The van der Waals surface area contributed by atoms with Crippen molar-refractivity contribution in [1.29, 1.82) is 0 Å². The molecular formula is C15H17BrFN3. The highest BCUT2D eigenvalue weighted by molar-refractivity contribution is 9.10. The lowest BCUT2D eigenvalue weighted by Gasteiger charge is -2.18. The summed E-state index contributed by atoms with van der Waals surface area (Å²) >= 11 is 3.33. The number of aryl methyl sites for hydroxylation is 1. The van der Waals surface area contributed by atoms with E-state index in [1.165, 1.54) is 18.9 Å². The summed E-state index contributed by atoms with van der Waals surface area (Å²) < 4.78 is 16.2. The standard InChI is InChI=1S/C15H17BrFN3/c1-20-5-4-18-15(20)14(11-2-3-11)19-9-10-6-12(16)8-13(17)7-10/h4-8,11,14,19H,2-3,9H2,1H3/t14-/m1/s1. The molecule has 1 aliphatic carbocycles. The van der Waals surface area contributed by atoms with Gasteiger partial charge in [-0.2, -0.15) is 0 Å². The van der Waals surface area contributed by atoms with Crippen LogP contribution in [0.3, 0.4) is 0 Å². The van der Waals surface area contributed by atoms with E-state index >= 15 is 0 Å². The Balaban J connectivity index is 1.73. The lowest BCUT2D eigenvalue weighted by molar-refractivity contribution is 0.445. The molecule has 1 fully saturated rings. The molecular weight excluding hydrogens is 321 g/mol. The van der Waals surface area contributed by atoms with Crippen molar-refractivity contribution in [2.45, 2.75) is 25.4 Å². The van der Waals surface area contributed by atoms with E-state index in [1.807, 2.05) is 25.5 Å². The van der Waals surface area contributed by atoms with Crippen LogP contribution in [0.4, 0.5) is 4.39 Å². The molecule has 0 bridgehead atoms. The molecule has 0 radical (unpaired) electrons. The lowest BCUT2D eigenvalue weighted by Crippen LogP contribution is -2.25. The summed E-state index contributed by atoms with van der Waals surface area (Å²) in [5.74, 6) is 1.49. The van der Waals surface area contributed by atoms with Crippen LogP contribution < -0.4 is 5.32 Å². The molecule has 1 aliphatic rings. The summed E-state index contributed by atoms with van der Waals surface area (Å²) in [7, 11) is 2.01. The second-order valence-electron chi connectivity index (χ2n) is 5.37. The number of nitrogens with one attached hydrogen (secondary N) is 1. The highest BCUT2D eigenvalue weighted by Gasteiger charge is 2.34. The third kappa shape index (κ3) is 3.10. The maximum Gasteiger partial charge on any atom is 0.125 e. The topological polar surface area (TPSA) is 29.9 Å². The fourth-order valence-electron chi connectivity index (χ4n) is 2.52. The Morgan fingerprint density at radius 1 is 1.45 bits per heavy atom. The zero-order chi connectivity index (χ0) is 14.1. The van der Waals surface area contributed by atoms with Gasteiger partial charge in [0.05, 0.1) is 6.04 Å². The number of nitrogens with zero attached hydrogens (tertiary/aromatic N) is 2. The third-order valence-corrected chi connectivity index (χ3v) is 4.14. The molecule has 1 atom stereocenters. The largest absolute Gasteiger partial charge is 0.337 e. The fraction of sp³-hybridized carbons (Fsp3) is 0.400. The maximum absolute atomic E-state index is 13.4. The molecule has 1 heterocycles. The smallest absolute Gasteiger partial charge is 0.125 e.